The molecule has 2 aromatic rings. The number of amides is 1. The fourth-order valence-corrected chi connectivity index (χ4v) is 2.86. The fourth-order valence-electron chi connectivity index (χ4n) is 2.86. The Morgan fingerprint density at radius 3 is 2.91 bits per heavy atom. The van der Waals surface area contributed by atoms with Crippen LogP contribution < -0.4 is 0 Å². The largest absolute Gasteiger partial charge is 0.337 e. The van der Waals surface area contributed by atoms with E-state index in [9.17, 15) is 4.79 Å². The molecule has 0 N–H and O–H groups in total. The van der Waals surface area contributed by atoms with E-state index in [0.717, 1.165) is 25.8 Å². The molecule has 3 heterocycles. The van der Waals surface area contributed by atoms with Crippen molar-refractivity contribution in [3.63, 3.8) is 0 Å². The Kier molecular flexibility index (Phi) is 4.45. The molecule has 124 valence electrons. The minimum Gasteiger partial charge on any atom is -0.337 e. The minimum atomic E-state index is -0.138. The topological polar surface area (TPSA) is 77.0 Å². The van der Waals surface area contributed by atoms with Crippen LogP contribution in [-0.2, 0) is 6.54 Å². The normalized spacial score (nSPS) is 18.6. The molecule has 1 aliphatic rings. The van der Waals surface area contributed by atoms with Crippen molar-refractivity contribution in [3.05, 3.63) is 29.7 Å². The molecule has 1 saturated heterocycles. The molecule has 0 radical (unpaired) electrons. The van der Waals surface area contributed by atoms with Gasteiger partial charge >= 0.3 is 0 Å². The lowest BCUT2D eigenvalue weighted by Gasteiger charge is -2.33. The summed E-state index contributed by atoms with van der Waals surface area (Å²) in [6.07, 6.45) is 6.33. The highest BCUT2D eigenvalue weighted by Crippen LogP contribution is 2.31. The Morgan fingerprint density at radius 2 is 2.26 bits per heavy atom. The van der Waals surface area contributed by atoms with Crippen molar-refractivity contribution >= 4 is 5.91 Å². The Morgan fingerprint density at radius 1 is 1.43 bits per heavy atom. The van der Waals surface area contributed by atoms with Crippen LogP contribution in [0.1, 0.15) is 74.1 Å². The molecule has 7 heteroatoms. The summed E-state index contributed by atoms with van der Waals surface area (Å²) in [6.45, 7) is 7.50. The van der Waals surface area contributed by atoms with E-state index in [0.29, 0.717) is 23.8 Å². The molecule has 0 unspecified atom stereocenters. The van der Waals surface area contributed by atoms with E-state index in [1.165, 1.54) is 0 Å². The molecule has 7 nitrogen and oxygen atoms in total. The van der Waals surface area contributed by atoms with Crippen molar-refractivity contribution in [3.8, 4) is 0 Å². The summed E-state index contributed by atoms with van der Waals surface area (Å²) in [7, 11) is 0. The molecule has 0 aliphatic carbocycles. The molecule has 0 spiro atoms. The second-order valence-electron chi connectivity index (χ2n) is 6.24. The molecular formula is C16H23N5O2. The number of aryl methyl sites for hydroxylation is 1. The SMILES string of the molecule is CCn1cc(C(=O)N2CCCC[C@H]2c2nc(C(C)C)no2)cn1. The van der Waals surface area contributed by atoms with Crippen LogP contribution in [0, 0.1) is 0 Å². The standard InChI is InChI=1S/C16H23N5O2/c1-4-20-10-12(9-17-20)16(22)21-8-6-5-7-13(21)15-18-14(11(2)3)19-23-15/h9-11,13H,4-8H2,1-3H3/t13-/m0/s1. The maximum absolute atomic E-state index is 12.8. The van der Waals surface area contributed by atoms with E-state index < -0.39 is 0 Å². The maximum Gasteiger partial charge on any atom is 0.257 e. The average molecular weight is 317 g/mol. The average Bonchev–Trinajstić information content (AvgIpc) is 3.23. The first-order valence-corrected chi connectivity index (χ1v) is 8.27. The van der Waals surface area contributed by atoms with E-state index in [4.69, 9.17) is 4.52 Å². The van der Waals surface area contributed by atoms with Gasteiger partial charge in [0.1, 0.15) is 6.04 Å². The van der Waals surface area contributed by atoms with Gasteiger partial charge < -0.3 is 9.42 Å². The first kappa shape index (κ1) is 15.7. The van der Waals surface area contributed by atoms with E-state index in [2.05, 4.69) is 15.2 Å². The molecule has 3 rings (SSSR count). The Labute approximate surface area is 135 Å². The monoisotopic (exact) mass is 317 g/mol. The van der Waals surface area contributed by atoms with Crippen molar-refractivity contribution < 1.29 is 9.32 Å². The molecule has 1 atom stereocenters. The second-order valence-corrected chi connectivity index (χ2v) is 6.24. The van der Waals surface area contributed by atoms with Gasteiger partial charge in [-0.25, -0.2) is 0 Å². The number of piperidine rings is 1. The molecule has 0 aromatic carbocycles. The van der Waals surface area contributed by atoms with Crippen LogP contribution >= 0.6 is 0 Å². The third kappa shape index (κ3) is 3.13. The van der Waals surface area contributed by atoms with Crippen molar-refractivity contribution in [2.45, 2.75) is 58.5 Å². The van der Waals surface area contributed by atoms with E-state index in [1.54, 1.807) is 17.1 Å². The Bertz CT molecular complexity index is 676. The zero-order valence-corrected chi connectivity index (χ0v) is 13.9. The summed E-state index contributed by atoms with van der Waals surface area (Å²) in [6, 6.07) is -0.138. The lowest BCUT2D eigenvalue weighted by atomic mass is 10.0. The summed E-state index contributed by atoms with van der Waals surface area (Å²) < 4.78 is 7.19. The third-order valence-corrected chi connectivity index (χ3v) is 4.23. The summed E-state index contributed by atoms with van der Waals surface area (Å²) in [5.41, 5.74) is 0.613. The van der Waals surface area contributed by atoms with Gasteiger partial charge in [0.2, 0.25) is 5.89 Å². The number of carbonyl (C=O) groups is 1. The van der Waals surface area contributed by atoms with Gasteiger partial charge in [-0.15, -0.1) is 0 Å². The van der Waals surface area contributed by atoms with Gasteiger partial charge in [0.25, 0.3) is 5.91 Å². The predicted molar refractivity (Wildman–Crippen MR) is 83.9 cm³/mol. The fraction of sp³-hybridized carbons (Fsp3) is 0.625. The van der Waals surface area contributed by atoms with Gasteiger partial charge in [0.15, 0.2) is 5.82 Å². The molecule has 23 heavy (non-hydrogen) atoms. The Hall–Kier alpha value is -2.18. The highest BCUT2D eigenvalue weighted by Gasteiger charge is 2.33. The van der Waals surface area contributed by atoms with Crippen molar-refractivity contribution in [1.82, 2.24) is 24.8 Å². The van der Waals surface area contributed by atoms with Crippen molar-refractivity contribution in [2.75, 3.05) is 6.54 Å². The zero-order chi connectivity index (χ0) is 16.4. The van der Waals surface area contributed by atoms with Crippen LogP contribution in [0.25, 0.3) is 0 Å². The van der Waals surface area contributed by atoms with E-state index in [-0.39, 0.29) is 17.9 Å². The number of aromatic nitrogens is 4. The smallest absolute Gasteiger partial charge is 0.257 e. The van der Waals surface area contributed by atoms with Gasteiger partial charge in [-0.2, -0.15) is 10.1 Å². The number of rotatable bonds is 4. The molecule has 1 aliphatic heterocycles. The quantitative estimate of drug-likeness (QED) is 0.866. The summed E-state index contributed by atoms with van der Waals surface area (Å²) in [5, 5.41) is 8.23. The van der Waals surface area contributed by atoms with Gasteiger partial charge in [0, 0.05) is 25.2 Å². The van der Waals surface area contributed by atoms with Crippen LogP contribution in [0.15, 0.2) is 16.9 Å². The molecule has 0 saturated carbocycles. The summed E-state index contributed by atoms with van der Waals surface area (Å²) in [5.74, 6) is 1.43. The van der Waals surface area contributed by atoms with E-state index in [1.807, 2.05) is 25.7 Å². The number of hydrogen-bond acceptors (Lipinski definition) is 5. The Balaban J connectivity index is 1.84. The summed E-state index contributed by atoms with van der Waals surface area (Å²) >= 11 is 0. The molecule has 1 fully saturated rings. The van der Waals surface area contributed by atoms with Crippen LogP contribution in [-0.4, -0.2) is 37.3 Å². The predicted octanol–water partition coefficient (Wildman–Crippen LogP) is 2.78. The number of likely N-dealkylation sites (tertiary alicyclic amines) is 1. The third-order valence-electron chi connectivity index (χ3n) is 4.23. The van der Waals surface area contributed by atoms with Crippen LogP contribution in [0.3, 0.4) is 0 Å². The van der Waals surface area contributed by atoms with Gasteiger partial charge in [-0.05, 0) is 26.2 Å². The maximum atomic E-state index is 12.8. The molecule has 0 bridgehead atoms. The second kappa shape index (κ2) is 6.52. The first-order valence-electron chi connectivity index (χ1n) is 8.27. The summed E-state index contributed by atoms with van der Waals surface area (Å²) in [4.78, 5) is 19.2. The van der Waals surface area contributed by atoms with Crippen molar-refractivity contribution in [2.24, 2.45) is 0 Å². The zero-order valence-electron chi connectivity index (χ0n) is 13.9. The molecule has 2 aromatic heterocycles. The minimum absolute atomic E-state index is 0.0151. The van der Waals surface area contributed by atoms with E-state index >= 15 is 0 Å². The first-order chi connectivity index (χ1) is 11.1. The lowest BCUT2D eigenvalue weighted by molar-refractivity contribution is 0.0561. The van der Waals surface area contributed by atoms with Crippen molar-refractivity contribution in [1.29, 1.82) is 0 Å². The number of nitrogens with zero attached hydrogens (tertiary/aromatic N) is 5. The van der Waals surface area contributed by atoms with Crippen LogP contribution in [0.2, 0.25) is 0 Å². The molecule has 1 amide bonds. The molecular weight excluding hydrogens is 294 g/mol. The number of carbonyl (C=O) groups excluding carboxylic acids is 1. The van der Waals surface area contributed by atoms with Crippen LogP contribution in [0.4, 0.5) is 0 Å². The number of hydrogen-bond donors (Lipinski definition) is 0. The highest BCUT2D eigenvalue weighted by molar-refractivity contribution is 5.94. The van der Waals surface area contributed by atoms with Gasteiger partial charge in [-0.3, -0.25) is 9.48 Å². The lowest BCUT2D eigenvalue weighted by Crippen LogP contribution is -2.38. The van der Waals surface area contributed by atoms with Gasteiger partial charge in [-0.1, -0.05) is 19.0 Å². The highest BCUT2D eigenvalue weighted by atomic mass is 16.5. The van der Waals surface area contributed by atoms with Crippen LogP contribution in [0.5, 0.6) is 0 Å². The van der Waals surface area contributed by atoms with Gasteiger partial charge in [0.05, 0.1) is 11.8 Å².